The second kappa shape index (κ2) is 10.8. The van der Waals surface area contributed by atoms with Crippen molar-refractivity contribution in [2.75, 3.05) is 43.3 Å². The number of anilines is 2. The van der Waals surface area contributed by atoms with Crippen molar-refractivity contribution in [3.8, 4) is 17.2 Å². The van der Waals surface area contributed by atoms with Gasteiger partial charge in [0.25, 0.3) is 0 Å². The molecule has 0 saturated carbocycles. The summed E-state index contributed by atoms with van der Waals surface area (Å²) in [4.78, 5) is 15.0. The monoisotopic (exact) mass is 487 g/mol. The summed E-state index contributed by atoms with van der Waals surface area (Å²) in [6.45, 7) is 1.91. The van der Waals surface area contributed by atoms with Gasteiger partial charge in [-0.15, -0.1) is 10.2 Å². The maximum atomic E-state index is 12.8. The predicted octanol–water partition coefficient (Wildman–Crippen LogP) is 4.66. The third-order valence-corrected chi connectivity index (χ3v) is 6.57. The molecule has 0 bridgehead atoms. The van der Waals surface area contributed by atoms with E-state index >= 15 is 0 Å². The van der Waals surface area contributed by atoms with Crippen LogP contribution in [0.15, 0.2) is 47.6 Å². The Hall–Kier alpha value is -2.91. The van der Waals surface area contributed by atoms with Crippen LogP contribution < -0.4 is 19.7 Å². The van der Waals surface area contributed by atoms with E-state index in [1.165, 1.54) is 32.4 Å². The van der Waals surface area contributed by atoms with Crippen molar-refractivity contribution in [2.45, 2.75) is 24.4 Å². The number of piperidine rings is 1. The lowest BCUT2D eigenvalue weighted by Gasteiger charge is -2.27. The van der Waals surface area contributed by atoms with E-state index in [4.69, 9.17) is 21.1 Å². The van der Waals surface area contributed by atoms with Gasteiger partial charge < -0.3 is 19.7 Å². The minimum atomic E-state index is -0.204. The largest absolute Gasteiger partial charge is 0.495 e. The Balaban J connectivity index is 1.53. The first-order chi connectivity index (χ1) is 16.1. The molecule has 0 radical (unpaired) electrons. The van der Waals surface area contributed by atoms with Gasteiger partial charge in [-0.2, -0.15) is 0 Å². The van der Waals surface area contributed by atoms with E-state index in [1.54, 1.807) is 12.1 Å². The Morgan fingerprint density at radius 1 is 1.06 bits per heavy atom. The van der Waals surface area contributed by atoms with Crippen molar-refractivity contribution in [3.63, 3.8) is 0 Å². The van der Waals surface area contributed by atoms with Crippen molar-refractivity contribution >= 4 is 40.9 Å². The molecular weight excluding hydrogens is 462 g/mol. The Morgan fingerprint density at radius 3 is 2.48 bits per heavy atom. The number of hydrogen-bond donors (Lipinski definition) is 1. The summed E-state index contributed by atoms with van der Waals surface area (Å²) in [5, 5.41) is 12.8. The fraction of sp³-hybridized carbons (Fsp3) is 0.348. The molecule has 10 heteroatoms. The first-order valence-corrected chi connectivity index (χ1v) is 12.1. The molecule has 1 aliphatic heterocycles. The topological polar surface area (TPSA) is 81.5 Å². The number of thioether (sulfide) groups is 1. The lowest BCUT2D eigenvalue weighted by molar-refractivity contribution is -0.113. The molecule has 1 amide bonds. The third-order valence-electron chi connectivity index (χ3n) is 5.35. The van der Waals surface area contributed by atoms with Gasteiger partial charge in [0.1, 0.15) is 11.5 Å². The fourth-order valence-corrected chi connectivity index (χ4v) is 4.71. The van der Waals surface area contributed by atoms with E-state index in [-0.39, 0.29) is 11.7 Å². The minimum absolute atomic E-state index is 0.152. The summed E-state index contributed by atoms with van der Waals surface area (Å²) < 4.78 is 12.6. The average molecular weight is 488 g/mol. The van der Waals surface area contributed by atoms with Crippen LogP contribution in [0.5, 0.6) is 11.5 Å². The first kappa shape index (κ1) is 23.3. The smallest absolute Gasteiger partial charge is 0.234 e. The van der Waals surface area contributed by atoms with Gasteiger partial charge in [-0.3, -0.25) is 9.36 Å². The molecule has 4 rings (SSSR count). The van der Waals surface area contributed by atoms with Crippen molar-refractivity contribution in [1.29, 1.82) is 0 Å². The molecule has 0 atom stereocenters. The molecule has 33 heavy (non-hydrogen) atoms. The quantitative estimate of drug-likeness (QED) is 0.463. The summed E-state index contributed by atoms with van der Waals surface area (Å²) >= 11 is 7.49. The van der Waals surface area contributed by atoms with Gasteiger partial charge in [-0.25, -0.2) is 0 Å². The van der Waals surface area contributed by atoms with Gasteiger partial charge in [0.05, 0.1) is 36.4 Å². The zero-order valence-corrected chi connectivity index (χ0v) is 20.2. The molecular formula is C23H26ClN5O3S. The maximum Gasteiger partial charge on any atom is 0.234 e. The fourth-order valence-electron chi connectivity index (χ4n) is 3.73. The number of carbonyl (C=O) groups is 1. The number of amides is 1. The second-order valence-corrected chi connectivity index (χ2v) is 8.87. The van der Waals surface area contributed by atoms with Crippen LogP contribution in [0.1, 0.15) is 19.3 Å². The van der Waals surface area contributed by atoms with E-state index in [0.29, 0.717) is 27.4 Å². The molecule has 2 aromatic carbocycles. The number of carbonyl (C=O) groups excluding carboxylic acids is 1. The lowest BCUT2D eigenvalue weighted by Crippen LogP contribution is -2.31. The molecule has 0 aliphatic carbocycles. The molecule has 0 spiro atoms. The third kappa shape index (κ3) is 5.36. The highest BCUT2D eigenvalue weighted by atomic mass is 35.5. The highest BCUT2D eigenvalue weighted by Gasteiger charge is 2.22. The molecule has 2 heterocycles. The molecule has 3 aromatic rings. The molecule has 1 aromatic heterocycles. The van der Waals surface area contributed by atoms with Crippen LogP contribution in [-0.2, 0) is 4.79 Å². The summed E-state index contributed by atoms with van der Waals surface area (Å²) in [7, 11) is 3.04. The Labute approximate surface area is 202 Å². The van der Waals surface area contributed by atoms with Crippen LogP contribution in [0.4, 0.5) is 11.6 Å². The number of hydrogen-bond acceptors (Lipinski definition) is 7. The average Bonchev–Trinajstić information content (AvgIpc) is 3.28. The molecule has 1 saturated heterocycles. The van der Waals surface area contributed by atoms with E-state index in [9.17, 15) is 4.79 Å². The van der Waals surface area contributed by atoms with Crippen molar-refractivity contribution < 1.29 is 14.3 Å². The zero-order chi connectivity index (χ0) is 23.2. The molecule has 1 fully saturated rings. The molecule has 1 N–H and O–H groups in total. The number of benzene rings is 2. The second-order valence-electron chi connectivity index (χ2n) is 7.53. The summed E-state index contributed by atoms with van der Waals surface area (Å²) in [6.07, 6.45) is 3.51. The number of halogens is 1. The van der Waals surface area contributed by atoms with Gasteiger partial charge >= 0.3 is 0 Å². The number of ether oxygens (including phenoxy) is 2. The predicted molar refractivity (Wildman–Crippen MR) is 131 cm³/mol. The Kier molecular flexibility index (Phi) is 7.61. The van der Waals surface area contributed by atoms with Crippen molar-refractivity contribution in [2.24, 2.45) is 0 Å². The number of nitrogens with one attached hydrogen (secondary N) is 1. The van der Waals surface area contributed by atoms with Crippen molar-refractivity contribution in [1.82, 2.24) is 14.8 Å². The summed E-state index contributed by atoms with van der Waals surface area (Å²) in [6, 6.07) is 13.2. The van der Waals surface area contributed by atoms with Gasteiger partial charge in [-0.1, -0.05) is 41.6 Å². The molecule has 8 nitrogen and oxygen atoms in total. The van der Waals surface area contributed by atoms with E-state index in [2.05, 4.69) is 20.4 Å². The first-order valence-electron chi connectivity index (χ1n) is 10.7. The van der Waals surface area contributed by atoms with Gasteiger partial charge in [0.2, 0.25) is 11.9 Å². The molecule has 1 aliphatic rings. The highest BCUT2D eigenvalue weighted by molar-refractivity contribution is 7.99. The van der Waals surface area contributed by atoms with Gasteiger partial charge in [0, 0.05) is 25.2 Å². The SMILES string of the molecule is COc1cc(NC(=O)CSc2nnc(N3CCCCC3)n2-c2ccccc2)c(OC)cc1Cl. The van der Waals surface area contributed by atoms with E-state index in [1.807, 2.05) is 34.9 Å². The molecule has 174 valence electrons. The van der Waals surface area contributed by atoms with E-state index in [0.717, 1.165) is 37.6 Å². The Bertz CT molecular complexity index is 1100. The van der Waals surface area contributed by atoms with Crippen LogP contribution in [0.25, 0.3) is 5.69 Å². The Morgan fingerprint density at radius 2 is 1.79 bits per heavy atom. The zero-order valence-electron chi connectivity index (χ0n) is 18.6. The number of nitrogens with zero attached hydrogens (tertiary/aromatic N) is 4. The number of aromatic nitrogens is 3. The summed E-state index contributed by atoms with van der Waals surface area (Å²) in [5.41, 5.74) is 1.46. The number of para-hydroxylation sites is 1. The normalized spacial score (nSPS) is 13.6. The van der Waals surface area contributed by atoms with Gasteiger partial charge in [0.15, 0.2) is 5.16 Å². The maximum absolute atomic E-state index is 12.8. The van der Waals surface area contributed by atoms with E-state index < -0.39 is 0 Å². The van der Waals surface area contributed by atoms with Crippen LogP contribution in [0.2, 0.25) is 5.02 Å². The minimum Gasteiger partial charge on any atom is -0.495 e. The highest BCUT2D eigenvalue weighted by Crippen LogP contribution is 2.36. The van der Waals surface area contributed by atoms with Crippen LogP contribution in [-0.4, -0.2) is 53.7 Å². The summed E-state index contributed by atoms with van der Waals surface area (Å²) in [5.74, 6) is 1.67. The lowest BCUT2D eigenvalue weighted by atomic mass is 10.1. The van der Waals surface area contributed by atoms with Crippen molar-refractivity contribution in [3.05, 3.63) is 47.5 Å². The van der Waals surface area contributed by atoms with Crippen LogP contribution in [0, 0.1) is 0 Å². The number of rotatable bonds is 8. The van der Waals surface area contributed by atoms with Crippen LogP contribution in [0.3, 0.4) is 0 Å². The molecule has 0 unspecified atom stereocenters. The standard InChI is InChI=1S/C23H26ClN5O3S/c1-31-19-14-18(20(32-2)13-17(19)24)25-21(30)15-33-23-27-26-22(28-11-7-4-8-12-28)29(23)16-9-5-3-6-10-16/h3,5-6,9-10,13-14H,4,7-8,11-12,15H2,1-2H3,(H,25,30). The van der Waals surface area contributed by atoms with Gasteiger partial charge in [-0.05, 0) is 31.4 Å². The van der Waals surface area contributed by atoms with Crippen LogP contribution >= 0.6 is 23.4 Å². The number of methoxy groups -OCH3 is 2.